The van der Waals surface area contributed by atoms with Crippen LogP contribution in [-0.4, -0.2) is 41.9 Å². The third kappa shape index (κ3) is 5.83. The van der Waals surface area contributed by atoms with E-state index in [2.05, 4.69) is 5.32 Å². The van der Waals surface area contributed by atoms with Crippen LogP contribution in [0.4, 0.5) is 0 Å². The van der Waals surface area contributed by atoms with Gasteiger partial charge >= 0.3 is 0 Å². The lowest BCUT2D eigenvalue weighted by atomic mass is 9.86. The summed E-state index contributed by atoms with van der Waals surface area (Å²) in [6, 6.07) is -0.288. The van der Waals surface area contributed by atoms with E-state index in [1.165, 1.54) is 0 Å². The maximum atomic E-state index is 12.3. The number of nitrogens with one attached hydrogen (secondary N) is 1. The molecule has 3 N–H and O–H groups in total. The summed E-state index contributed by atoms with van der Waals surface area (Å²) in [5, 5.41) is 3.03. The van der Waals surface area contributed by atoms with Crippen molar-refractivity contribution in [3.63, 3.8) is 0 Å². The fourth-order valence-electron chi connectivity index (χ4n) is 2.18. The number of rotatable bonds is 3. The minimum absolute atomic E-state index is 0. The van der Waals surface area contributed by atoms with Crippen LogP contribution in [0.3, 0.4) is 0 Å². The van der Waals surface area contributed by atoms with Gasteiger partial charge < -0.3 is 16.0 Å². The highest BCUT2D eigenvalue weighted by Crippen LogP contribution is 2.21. The van der Waals surface area contributed by atoms with Crippen molar-refractivity contribution in [3.8, 4) is 0 Å². The van der Waals surface area contributed by atoms with Crippen molar-refractivity contribution in [2.24, 2.45) is 17.1 Å². The van der Waals surface area contributed by atoms with Crippen molar-refractivity contribution in [2.75, 3.05) is 13.1 Å². The number of carbonyl (C=O) groups excluding carboxylic acids is 2. The molecular formula is C15H30ClN3O2. The number of hydrogen-bond acceptors (Lipinski definition) is 3. The molecule has 1 heterocycles. The lowest BCUT2D eigenvalue weighted by molar-refractivity contribution is -0.136. The standard InChI is InChI=1S/C15H29N3O2.ClH/c1-10(2)13(19)17-11-6-8-18(9-7-11)14(20)12(16)15(3,4)5;/h10-12H,6-9,16H2,1-5H3,(H,17,19);1H/t12-;/m1./s1. The van der Waals surface area contributed by atoms with Crippen LogP contribution < -0.4 is 11.1 Å². The molecule has 0 spiro atoms. The molecule has 21 heavy (non-hydrogen) atoms. The van der Waals surface area contributed by atoms with Crippen LogP contribution in [0.1, 0.15) is 47.5 Å². The van der Waals surface area contributed by atoms with Gasteiger partial charge in [-0.2, -0.15) is 0 Å². The fraction of sp³-hybridized carbons (Fsp3) is 0.867. The normalized spacial score (nSPS) is 18.1. The largest absolute Gasteiger partial charge is 0.353 e. The molecule has 0 aromatic carbocycles. The molecule has 1 atom stereocenters. The maximum Gasteiger partial charge on any atom is 0.240 e. The Morgan fingerprint density at radius 1 is 1.19 bits per heavy atom. The minimum atomic E-state index is -0.468. The molecule has 0 saturated carbocycles. The van der Waals surface area contributed by atoms with Gasteiger partial charge in [0.15, 0.2) is 0 Å². The third-order valence-electron chi connectivity index (χ3n) is 3.88. The Morgan fingerprint density at radius 3 is 2.05 bits per heavy atom. The smallest absolute Gasteiger partial charge is 0.240 e. The molecule has 0 bridgehead atoms. The number of carbonyl (C=O) groups is 2. The fourth-order valence-corrected chi connectivity index (χ4v) is 2.18. The topological polar surface area (TPSA) is 75.4 Å². The molecule has 2 amide bonds. The number of nitrogens with zero attached hydrogens (tertiary/aromatic N) is 1. The van der Waals surface area contributed by atoms with Gasteiger partial charge in [0.2, 0.25) is 11.8 Å². The Morgan fingerprint density at radius 2 is 1.67 bits per heavy atom. The summed E-state index contributed by atoms with van der Waals surface area (Å²) in [6.45, 7) is 11.0. The van der Waals surface area contributed by atoms with Gasteiger partial charge in [0, 0.05) is 25.0 Å². The van der Waals surface area contributed by atoms with E-state index in [-0.39, 0.29) is 41.6 Å². The van der Waals surface area contributed by atoms with E-state index < -0.39 is 6.04 Å². The molecule has 0 aromatic heterocycles. The first-order chi connectivity index (χ1) is 9.12. The molecule has 0 radical (unpaired) electrons. The van der Waals surface area contributed by atoms with Crippen molar-refractivity contribution in [1.82, 2.24) is 10.2 Å². The lowest BCUT2D eigenvalue weighted by Crippen LogP contribution is -2.54. The zero-order valence-electron chi connectivity index (χ0n) is 13.8. The molecule has 1 aliphatic heterocycles. The van der Waals surface area contributed by atoms with Crippen molar-refractivity contribution < 1.29 is 9.59 Å². The van der Waals surface area contributed by atoms with Crippen molar-refractivity contribution in [2.45, 2.75) is 59.5 Å². The first kappa shape index (κ1) is 20.2. The number of piperidine rings is 1. The Balaban J connectivity index is 0.00000400. The number of nitrogens with two attached hydrogens (primary N) is 1. The Hall–Kier alpha value is -0.810. The van der Waals surface area contributed by atoms with Crippen LogP contribution in [0, 0.1) is 11.3 Å². The van der Waals surface area contributed by atoms with E-state index >= 15 is 0 Å². The molecule has 1 saturated heterocycles. The van der Waals surface area contributed by atoms with E-state index in [9.17, 15) is 9.59 Å². The summed E-state index contributed by atoms with van der Waals surface area (Å²) >= 11 is 0. The highest BCUT2D eigenvalue weighted by atomic mass is 35.5. The zero-order valence-corrected chi connectivity index (χ0v) is 14.6. The molecule has 5 nitrogen and oxygen atoms in total. The maximum absolute atomic E-state index is 12.3. The Kier molecular flexibility index (Phi) is 7.68. The van der Waals surface area contributed by atoms with Crippen LogP contribution in [0.25, 0.3) is 0 Å². The van der Waals surface area contributed by atoms with Crippen LogP contribution in [0.2, 0.25) is 0 Å². The van der Waals surface area contributed by atoms with Gasteiger partial charge in [0.25, 0.3) is 0 Å². The van der Waals surface area contributed by atoms with Crippen molar-refractivity contribution in [1.29, 1.82) is 0 Å². The summed E-state index contributed by atoms with van der Waals surface area (Å²) in [5.41, 5.74) is 5.80. The van der Waals surface area contributed by atoms with Gasteiger partial charge in [-0.05, 0) is 18.3 Å². The van der Waals surface area contributed by atoms with E-state index in [0.717, 1.165) is 12.8 Å². The first-order valence-electron chi connectivity index (χ1n) is 7.47. The van der Waals surface area contributed by atoms with Gasteiger partial charge in [-0.1, -0.05) is 34.6 Å². The van der Waals surface area contributed by atoms with Crippen LogP contribution in [0.15, 0.2) is 0 Å². The van der Waals surface area contributed by atoms with Crippen LogP contribution in [0.5, 0.6) is 0 Å². The second-order valence-corrected chi connectivity index (χ2v) is 7.11. The van der Waals surface area contributed by atoms with Crippen molar-refractivity contribution in [3.05, 3.63) is 0 Å². The molecule has 1 aliphatic rings. The summed E-state index contributed by atoms with van der Waals surface area (Å²) in [4.78, 5) is 25.8. The van der Waals surface area contributed by atoms with E-state index in [1.807, 2.05) is 39.5 Å². The van der Waals surface area contributed by atoms with Crippen LogP contribution in [-0.2, 0) is 9.59 Å². The van der Waals surface area contributed by atoms with Gasteiger partial charge in [-0.15, -0.1) is 12.4 Å². The van der Waals surface area contributed by atoms with E-state index in [4.69, 9.17) is 5.73 Å². The van der Waals surface area contributed by atoms with Gasteiger partial charge in [-0.25, -0.2) is 0 Å². The minimum Gasteiger partial charge on any atom is -0.353 e. The van der Waals surface area contributed by atoms with Crippen molar-refractivity contribution >= 4 is 24.2 Å². The van der Waals surface area contributed by atoms with Crippen LogP contribution >= 0.6 is 12.4 Å². The number of amides is 2. The number of halogens is 1. The van der Waals surface area contributed by atoms with E-state index in [1.54, 1.807) is 0 Å². The number of hydrogen-bond donors (Lipinski definition) is 2. The first-order valence-corrected chi connectivity index (χ1v) is 7.47. The third-order valence-corrected chi connectivity index (χ3v) is 3.88. The predicted molar refractivity (Wildman–Crippen MR) is 87.3 cm³/mol. The zero-order chi connectivity index (χ0) is 15.5. The molecule has 1 fully saturated rings. The van der Waals surface area contributed by atoms with Gasteiger partial charge in [-0.3, -0.25) is 9.59 Å². The Bertz CT molecular complexity index is 358. The summed E-state index contributed by atoms with van der Waals surface area (Å²) < 4.78 is 0. The molecule has 0 aromatic rings. The average molecular weight is 320 g/mol. The highest BCUT2D eigenvalue weighted by Gasteiger charge is 2.33. The van der Waals surface area contributed by atoms with Gasteiger partial charge in [0.05, 0.1) is 6.04 Å². The second kappa shape index (κ2) is 7.99. The highest BCUT2D eigenvalue weighted by molar-refractivity contribution is 5.85. The summed E-state index contributed by atoms with van der Waals surface area (Å²) in [6.07, 6.45) is 1.61. The molecule has 6 heteroatoms. The average Bonchev–Trinajstić information content (AvgIpc) is 2.36. The monoisotopic (exact) mass is 319 g/mol. The molecule has 124 valence electrons. The molecule has 0 unspecified atom stereocenters. The lowest BCUT2D eigenvalue weighted by Gasteiger charge is -2.36. The Labute approximate surface area is 134 Å². The molecular weight excluding hydrogens is 290 g/mol. The van der Waals surface area contributed by atoms with Gasteiger partial charge in [0.1, 0.15) is 0 Å². The SMILES string of the molecule is CC(C)C(=O)NC1CCN(C(=O)[C@@H](N)C(C)(C)C)CC1.Cl. The second-order valence-electron chi connectivity index (χ2n) is 7.11. The number of likely N-dealkylation sites (tertiary alicyclic amines) is 1. The molecule has 1 rings (SSSR count). The quantitative estimate of drug-likeness (QED) is 0.828. The van der Waals surface area contributed by atoms with E-state index in [0.29, 0.717) is 13.1 Å². The summed E-state index contributed by atoms with van der Waals surface area (Å²) in [7, 11) is 0. The predicted octanol–water partition coefficient (Wildman–Crippen LogP) is 1.54. The molecule has 0 aliphatic carbocycles. The summed E-state index contributed by atoms with van der Waals surface area (Å²) in [5.74, 6) is 0.108.